The second kappa shape index (κ2) is 7.84. The second-order valence-electron chi connectivity index (χ2n) is 8.62. The van der Waals surface area contributed by atoms with Crippen molar-refractivity contribution in [3.05, 3.63) is 65.8 Å². The number of amides is 1. The number of piperidine rings is 1. The number of hydrogen-bond acceptors (Lipinski definition) is 7. The molecule has 1 fully saturated rings. The first-order chi connectivity index (χ1) is 16.2. The van der Waals surface area contributed by atoms with E-state index >= 15 is 0 Å². The van der Waals surface area contributed by atoms with Gasteiger partial charge in [-0.2, -0.15) is 0 Å². The number of likely N-dealkylation sites (tertiary alicyclic amines) is 1. The lowest BCUT2D eigenvalue weighted by atomic mass is 9.92. The first-order valence-corrected chi connectivity index (χ1v) is 11.2. The van der Waals surface area contributed by atoms with E-state index in [4.69, 9.17) is 10.6 Å². The molecule has 4 aliphatic rings. The van der Waals surface area contributed by atoms with Gasteiger partial charge in [-0.25, -0.2) is 4.99 Å². The van der Waals surface area contributed by atoms with Gasteiger partial charge in [-0.3, -0.25) is 4.79 Å². The highest BCUT2D eigenvalue weighted by Crippen LogP contribution is 2.36. The second-order valence-corrected chi connectivity index (χ2v) is 8.62. The van der Waals surface area contributed by atoms with Gasteiger partial charge >= 0.3 is 0 Å². The number of amidine groups is 1. The molecule has 1 unspecified atom stereocenters. The number of aliphatic imine (C=N–C) groups is 1. The number of H-pyrrole nitrogens is 1. The zero-order valence-corrected chi connectivity index (χ0v) is 18.1. The summed E-state index contributed by atoms with van der Waals surface area (Å²) in [7, 11) is 0. The number of aromatic amines is 1. The van der Waals surface area contributed by atoms with Crippen molar-refractivity contribution in [1.82, 2.24) is 20.1 Å². The smallest absolute Gasteiger partial charge is 0.255 e. The summed E-state index contributed by atoms with van der Waals surface area (Å²) in [5.41, 5.74) is 10.9. The van der Waals surface area contributed by atoms with Crippen LogP contribution in [-0.4, -0.2) is 58.6 Å². The monoisotopic (exact) mass is 443 g/mol. The lowest BCUT2D eigenvalue weighted by Gasteiger charge is -2.38. The van der Waals surface area contributed by atoms with E-state index in [9.17, 15) is 4.79 Å². The molecule has 168 valence electrons. The Bertz CT molecular complexity index is 1230. The van der Waals surface area contributed by atoms with Gasteiger partial charge in [0.15, 0.2) is 0 Å². The van der Waals surface area contributed by atoms with E-state index in [2.05, 4.69) is 43.5 Å². The van der Waals surface area contributed by atoms with Gasteiger partial charge in [-0.15, -0.1) is 0 Å². The molecular formula is C24H25N7O2. The van der Waals surface area contributed by atoms with Gasteiger partial charge in [-0.1, -0.05) is 23.4 Å². The highest BCUT2D eigenvalue weighted by atomic mass is 16.6. The maximum Gasteiger partial charge on any atom is 0.255 e. The molecule has 9 nitrogen and oxygen atoms in total. The largest absolute Gasteiger partial charge is 0.392 e. The van der Waals surface area contributed by atoms with Crippen LogP contribution in [0.4, 0.5) is 0 Å². The molecule has 5 heterocycles. The van der Waals surface area contributed by atoms with Crippen LogP contribution in [0.1, 0.15) is 18.5 Å². The Balaban J connectivity index is 1.22. The van der Waals surface area contributed by atoms with Gasteiger partial charge in [-0.05, 0) is 31.1 Å². The number of nitrogens with zero attached hydrogens (tertiary/aromatic N) is 4. The maximum absolute atomic E-state index is 12.8. The maximum atomic E-state index is 12.8. The third-order valence-electron chi connectivity index (χ3n) is 6.73. The van der Waals surface area contributed by atoms with Crippen LogP contribution < -0.4 is 11.1 Å². The molecule has 0 spiro atoms. The van der Waals surface area contributed by atoms with Gasteiger partial charge < -0.3 is 30.7 Å². The normalized spacial score (nSPS) is 22.7. The molecule has 1 aromatic carbocycles. The molecule has 4 aliphatic heterocycles. The molecule has 0 saturated carbocycles. The Labute approximate surface area is 190 Å². The van der Waals surface area contributed by atoms with Crippen molar-refractivity contribution >= 4 is 34.6 Å². The summed E-state index contributed by atoms with van der Waals surface area (Å²) in [6, 6.07) is 10.4. The molecule has 4 N–H and O–H groups in total. The molecule has 0 bridgehead atoms. The average molecular weight is 444 g/mol. The predicted octanol–water partition coefficient (Wildman–Crippen LogP) is 2.09. The van der Waals surface area contributed by atoms with Crippen molar-refractivity contribution in [2.45, 2.75) is 19.0 Å². The number of nitrogens with one attached hydrogen (secondary N) is 2. The van der Waals surface area contributed by atoms with Crippen LogP contribution >= 0.6 is 0 Å². The van der Waals surface area contributed by atoms with Crippen LogP contribution in [-0.2, 0) is 9.63 Å². The molecule has 2 aromatic rings. The van der Waals surface area contributed by atoms with E-state index in [-0.39, 0.29) is 12.1 Å². The van der Waals surface area contributed by atoms with E-state index in [0.29, 0.717) is 37.0 Å². The molecule has 1 amide bonds. The molecule has 9 heteroatoms. The topological polar surface area (TPSA) is 111 Å². The number of oxime groups is 1. The zero-order valence-electron chi connectivity index (χ0n) is 18.1. The van der Waals surface area contributed by atoms with Gasteiger partial charge in [0.25, 0.3) is 5.91 Å². The lowest BCUT2D eigenvalue weighted by molar-refractivity contribution is -0.128. The van der Waals surface area contributed by atoms with E-state index in [1.165, 1.54) is 6.21 Å². The van der Waals surface area contributed by atoms with Crippen LogP contribution in [0.3, 0.4) is 0 Å². The summed E-state index contributed by atoms with van der Waals surface area (Å²) >= 11 is 0. The molecule has 0 radical (unpaired) electrons. The highest BCUT2D eigenvalue weighted by Gasteiger charge is 2.40. The average Bonchev–Trinajstić information content (AvgIpc) is 3.47. The zero-order chi connectivity index (χ0) is 22.4. The van der Waals surface area contributed by atoms with Crippen molar-refractivity contribution in [1.29, 1.82) is 0 Å². The van der Waals surface area contributed by atoms with Gasteiger partial charge in [0.1, 0.15) is 24.3 Å². The minimum absolute atomic E-state index is 0.0201. The number of carbonyl (C=O) groups is 1. The SMILES string of the molecule is NC1=NC=CN2C1=C(c1cc3ccccc3[nH]1)NC2C1CCN(C(=O)C2=CCON=C2)CC1. The fourth-order valence-corrected chi connectivity index (χ4v) is 5.05. The number of benzene rings is 1. The van der Waals surface area contributed by atoms with Crippen LogP contribution in [0, 0.1) is 5.92 Å². The summed E-state index contributed by atoms with van der Waals surface area (Å²) in [6.07, 6.45) is 8.84. The fourth-order valence-electron chi connectivity index (χ4n) is 5.05. The number of rotatable bonds is 3. The van der Waals surface area contributed by atoms with E-state index in [0.717, 1.165) is 40.8 Å². The van der Waals surface area contributed by atoms with Crippen molar-refractivity contribution in [3.8, 4) is 0 Å². The van der Waals surface area contributed by atoms with Crippen LogP contribution in [0.25, 0.3) is 16.6 Å². The van der Waals surface area contributed by atoms with Crippen molar-refractivity contribution < 1.29 is 9.63 Å². The quantitative estimate of drug-likeness (QED) is 0.673. The predicted molar refractivity (Wildman–Crippen MR) is 127 cm³/mol. The first-order valence-electron chi connectivity index (χ1n) is 11.2. The molecule has 1 atom stereocenters. The van der Waals surface area contributed by atoms with Gasteiger partial charge in [0, 0.05) is 42.3 Å². The number of nitrogens with two attached hydrogens (primary N) is 1. The van der Waals surface area contributed by atoms with Crippen LogP contribution in [0.2, 0.25) is 0 Å². The van der Waals surface area contributed by atoms with Gasteiger partial charge in [0.05, 0.1) is 23.2 Å². The number of hydrogen-bond donors (Lipinski definition) is 3. The summed E-state index contributed by atoms with van der Waals surface area (Å²) in [5.74, 6) is 0.866. The Morgan fingerprint density at radius 1 is 1.21 bits per heavy atom. The molecule has 33 heavy (non-hydrogen) atoms. The van der Waals surface area contributed by atoms with Gasteiger partial charge in [0.2, 0.25) is 0 Å². The van der Waals surface area contributed by atoms with Crippen molar-refractivity contribution in [2.75, 3.05) is 19.7 Å². The number of fused-ring (bicyclic) bond motifs is 2. The van der Waals surface area contributed by atoms with Crippen molar-refractivity contribution in [3.63, 3.8) is 0 Å². The van der Waals surface area contributed by atoms with Crippen LogP contribution in [0.15, 0.2) is 70.2 Å². The Kier molecular flexibility index (Phi) is 4.67. The summed E-state index contributed by atoms with van der Waals surface area (Å²) < 4.78 is 0. The minimum atomic E-state index is 0.0201. The number of aromatic nitrogens is 1. The Morgan fingerprint density at radius 2 is 2.06 bits per heavy atom. The van der Waals surface area contributed by atoms with Crippen LogP contribution in [0.5, 0.6) is 0 Å². The molecule has 6 rings (SSSR count). The molecular weight excluding hydrogens is 418 g/mol. The van der Waals surface area contributed by atoms with E-state index in [1.807, 2.05) is 23.2 Å². The standard InChI is InChI=1S/C24H25N7O2/c25-22-21-20(19-13-16-3-1-2-4-18(16)28-19)29-23(31(21)11-8-26-22)15-5-9-30(10-6-15)24(32)17-7-12-33-27-14-17/h1-4,7-8,11,13-15,23,28-29H,5-6,9-10,12H2,(H2,25,26). The minimum Gasteiger partial charge on any atom is -0.392 e. The molecule has 0 aliphatic carbocycles. The third kappa shape index (κ3) is 3.36. The Hall–Kier alpha value is -4.01. The summed E-state index contributed by atoms with van der Waals surface area (Å²) in [6.45, 7) is 1.74. The third-order valence-corrected chi connectivity index (χ3v) is 6.73. The lowest BCUT2D eigenvalue weighted by Crippen LogP contribution is -2.48. The number of para-hydroxylation sites is 1. The highest BCUT2D eigenvalue weighted by molar-refractivity contribution is 6.12. The van der Waals surface area contributed by atoms with E-state index < -0.39 is 0 Å². The Morgan fingerprint density at radius 3 is 2.85 bits per heavy atom. The summed E-state index contributed by atoms with van der Waals surface area (Å²) in [5, 5.41) is 8.64. The number of carbonyl (C=O) groups excluding carboxylic acids is 1. The first kappa shape index (κ1) is 19.7. The molecule has 1 aromatic heterocycles. The summed E-state index contributed by atoms with van der Waals surface area (Å²) in [4.78, 5) is 29.7. The molecule has 1 saturated heterocycles. The van der Waals surface area contributed by atoms with Crippen molar-refractivity contribution in [2.24, 2.45) is 21.8 Å². The fraction of sp³-hybridized carbons (Fsp3) is 0.292. The van der Waals surface area contributed by atoms with E-state index in [1.54, 1.807) is 12.3 Å².